The third-order valence-corrected chi connectivity index (χ3v) is 14.8. The average molecular weight is 896 g/mol. The highest BCUT2D eigenvalue weighted by Gasteiger charge is 2.60. The number of carbonyl (C=O) groups is 1. The van der Waals surface area contributed by atoms with Gasteiger partial charge in [-0.2, -0.15) is 10.2 Å². The normalized spacial score (nSPS) is 23.3. The number of aryl methyl sites for hydroxylation is 3. The monoisotopic (exact) mass is 895 g/mol. The van der Waals surface area contributed by atoms with Gasteiger partial charge in [-0.05, 0) is 125 Å². The van der Waals surface area contributed by atoms with E-state index < -0.39 is 28.8 Å². The van der Waals surface area contributed by atoms with Gasteiger partial charge in [0.1, 0.15) is 28.5 Å². The van der Waals surface area contributed by atoms with Crippen molar-refractivity contribution in [1.29, 1.82) is 0 Å². The predicted octanol–water partition coefficient (Wildman–Crippen LogP) is 6.98. The van der Waals surface area contributed by atoms with E-state index in [0.717, 1.165) is 23.8 Å². The fourth-order valence-electron chi connectivity index (χ4n) is 11.5. The molecular weight excluding hydrogens is 849 g/mol. The molecule has 6 aromatic heterocycles. The summed E-state index contributed by atoms with van der Waals surface area (Å²) >= 11 is 0. The molecular formula is C48H47F2N11O5. The van der Waals surface area contributed by atoms with Gasteiger partial charge in [-0.15, -0.1) is 0 Å². The molecule has 1 amide bonds. The minimum absolute atomic E-state index is 0.0325. The zero-order valence-electron chi connectivity index (χ0n) is 37.3. The first-order valence-corrected chi connectivity index (χ1v) is 22.5. The summed E-state index contributed by atoms with van der Waals surface area (Å²) in [6.07, 6.45) is 10.3. The summed E-state index contributed by atoms with van der Waals surface area (Å²) in [7, 11) is 1.72. The lowest BCUT2D eigenvalue weighted by Crippen LogP contribution is -2.43. The Bertz CT molecular complexity index is 3450. The Morgan fingerprint density at radius 3 is 2.45 bits per heavy atom. The van der Waals surface area contributed by atoms with Gasteiger partial charge in [0, 0.05) is 55.7 Å². The molecule has 1 saturated carbocycles. The van der Waals surface area contributed by atoms with Crippen molar-refractivity contribution < 1.29 is 22.8 Å². The first-order valence-electron chi connectivity index (χ1n) is 22.5. The second-order valence-corrected chi connectivity index (χ2v) is 19.4. The lowest BCUT2D eigenvalue weighted by molar-refractivity contribution is -0.0593. The predicted molar refractivity (Wildman–Crippen MR) is 238 cm³/mol. The largest absolute Gasteiger partial charge is 0.438 e. The summed E-state index contributed by atoms with van der Waals surface area (Å²) in [6, 6.07) is 9.90. The highest BCUT2D eigenvalue weighted by Crippen LogP contribution is 2.56. The van der Waals surface area contributed by atoms with Crippen molar-refractivity contribution in [2.75, 3.05) is 6.61 Å². The van der Waals surface area contributed by atoms with Gasteiger partial charge >= 0.3 is 11.4 Å². The van der Waals surface area contributed by atoms with Gasteiger partial charge in [0.25, 0.3) is 5.91 Å². The Balaban J connectivity index is 1.02. The SMILES string of the molecule is Cc1cc(-n2nc3c(c2-n2ccn(-c4ccc5c(cnn5C)c4F)c2=O)[C@@H]2CC[C@H](C3)N2C(=O)c2cc3cc([C@H]4CCOC(C)(C)C4)cnc3n2[C@@]2(c3noc(=O)[nH]3)C[C@@H]2C)cc(C)c1F. The number of benzene rings is 2. The van der Waals surface area contributed by atoms with Gasteiger partial charge in [-0.3, -0.25) is 28.1 Å². The smallest absolute Gasteiger partial charge is 0.376 e. The van der Waals surface area contributed by atoms with Crippen molar-refractivity contribution in [3.05, 3.63) is 133 Å². The molecule has 18 heteroatoms. The molecule has 2 saturated heterocycles. The Hall–Kier alpha value is -6.95. The minimum atomic E-state index is -0.910. The van der Waals surface area contributed by atoms with Crippen LogP contribution in [0.3, 0.4) is 0 Å². The Morgan fingerprint density at radius 1 is 0.955 bits per heavy atom. The van der Waals surface area contributed by atoms with Crippen LogP contribution < -0.4 is 11.4 Å². The first-order chi connectivity index (χ1) is 31.6. The van der Waals surface area contributed by atoms with Crippen LogP contribution in [0.1, 0.15) is 109 Å². The van der Waals surface area contributed by atoms with E-state index in [0.29, 0.717) is 88.9 Å². The second-order valence-electron chi connectivity index (χ2n) is 19.4. The summed E-state index contributed by atoms with van der Waals surface area (Å²) in [6.45, 7) is 10.2. The third kappa shape index (κ3) is 5.78. The highest BCUT2D eigenvalue weighted by molar-refractivity contribution is 5.99. The number of pyridine rings is 1. The summed E-state index contributed by atoms with van der Waals surface area (Å²) < 4.78 is 50.3. The molecule has 16 nitrogen and oxygen atoms in total. The number of nitrogens with one attached hydrogen (secondary N) is 1. The van der Waals surface area contributed by atoms with Gasteiger partial charge in [0.2, 0.25) is 0 Å². The number of ether oxygens (including phenoxy) is 1. The number of carbonyl (C=O) groups excluding carboxylic acids is 1. The van der Waals surface area contributed by atoms with E-state index in [-0.39, 0.29) is 46.3 Å². The number of amides is 1. The molecule has 5 atom stereocenters. The molecule has 12 rings (SSSR count). The van der Waals surface area contributed by atoms with E-state index in [1.807, 2.05) is 28.7 Å². The zero-order chi connectivity index (χ0) is 45.7. The molecule has 0 unspecified atom stereocenters. The number of rotatable bonds is 7. The molecule has 9 heterocycles. The van der Waals surface area contributed by atoms with Crippen molar-refractivity contribution in [3.63, 3.8) is 0 Å². The number of aromatic amines is 1. The summed E-state index contributed by atoms with van der Waals surface area (Å²) in [5.41, 5.74) is 3.64. The molecule has 0 spiro atoms. The van der Waals surface area contributed by atoms with E-state index in [4.69, 9.17) is 19.3 Å². The summed E-state index contributed by atoms with van der Waals surface area (Å²) in [5.74, 6) is -0.990. The van der Waals surface area contributed by atoms with Gasteiger partial charge in [-0.1, -0.05) is 12.1 Å². The van der Waals surface area contributed by atoms with Crippen LogP contribution in [-0.4, -0.2) is 77.4 Å². The molecule has 66 heavy (non-hydrogen) atoms. The lowest BCUT2D eigenvalue weighted by Gasteiger charge is -2.35. The molecule has 4 aliphatic rings. The highest BCUT2D eigenvalue weighted by atomic mass is 19.1. The van der Waals surface area contributed by atoms with Gasteiger partial charge in [0.15, 0.2) is 11.6 Å². The molecule has 1 N–H and O–H groups in total. The minimum Gasteiger partial charge on any atom is -0.376 e. The summed E-state index contributed by atoms with van der Waals surface area (Å²) in [4.78, 5) is 52.8. The van der Waals surface area contributed by atoms with E-state index in [1.54, 1.807) is 60.7 Å². The molecule has 3 aliphatic heterocycles. The van der Waals surface area contributed by atoms with E-state index in [9.17, 15) is 9.59 Å². The zero-order valence-corrected chi connectivity index (χ0v) is 37.3. The van der Waals surface area contributed by atoms with Crippen LogP contribution in [-0.2, 0) is 23.7 Å². The molecule has 0 radical (unpaired) electrons. The van der Waals surface area contributed by atoms with Gasteiger partial charge in [-0.25, -0.2) is 28.0 Å². The summed E-state index contributed by atoms with van der Waals surface area (Å²) in [5, 5.41) is 14.6. The van der Waals surface area contributed by atoms with Gasteiger partial charge in [0.05, 0.1) is 45.8 Å². The number of nitrogens with zero attached hydrogens (tertiary/aromatic N) is 10. The van der Waals surface area contributed by atoms with Crippen molar-refractivity contribution in [2.45, 2.75) is 102 Å². The van der Waals surface area contributed by atoms with Crippen LogP contribution in [0, 0.1) is 31.4 Å². The van der Waals surface area contributed by atoms with Crippen molar-refractivity contribution in [2.24, 2.45) is 13.0 Å². The number of hydrogen-bond acceptors (Lipinski definition) is 9. The quantitative estimate of drug-likeness (QED) is 0.178. The molecule has 3 fully saturated rings. The maximum Gasteiger partial charge on any atom is 0.438 e. The van der Waals surface area contributed by atoms with E-state index in [1.165, 1.54) is 21.5 Å². The topological polar surface area (TPSA) is 169 Å². The lowest BCUT2D eigenvalue weighted by atomic mass is 9.84. The second kappa shape index (κ2) is 14.0. The van der Waals surface area contributed by atoms with Crippen LogP contribution in [0.25, 0.3) is 39.1 Å². The van der Waals surface area contributed by atoms with Crippen LogP contribution >= 0.6 is 0 Å². The number of halogens is 2. The number of hydrogen-bond donors (Lipinski definition) is 1. The van der Waals surface area contributed by atoms with Crippen LogP contribution in [0.15, 0.2) is 75.3 Å². The van der Waals surface area contributed by atoms with Crippen LogP contribution in [0.2, 0.25) is 0 Å². The van der Waals surface area contributed by atoms with Gasteiger partial charge < -0.3 is 14.2 Å². The first kappa shape index (κ1) is 40.6. The Labute approximate surface area is 375 Å². The van der Waals surface area contributed by atoms with Crippen molar-refractivity contribution >= 4 is 27.8 Å². The average Bonchev–Trinajstić information content (AvgIpc) is 3.99. The maximum atomic E-state index is 16.2. The maximum absolute atomic E-state index is 16.2. The molecule has 2 bridgehead atoms. The standard InChI is InChI=1S/C48H47F2N11O5/c1-24-15-31(16-25(2)39(24)49)61-42(58-13-12-57(46(58)64)36-10-9-34-32(40(36)50)23-52-56(34)6)38-33(54-61)19-30-7-8-35(38)59(30)43(62)37-18-28-17-29(27-11-14-65-47(4,5)21-27)22-51-41(28)60(37)48(20-26(48)3)44-53-45(63)66-55-44/h9-10,12-13,15-18,22-23,26-27,30,35H,7-8,11,14,19-21H2,1-6H3,(H,53,55,63)/t26-,27-,30+,35-,48-/m0/s1. The Morgan fingerprint density at radius 2 is 1.73 bits per heavy atom. The number of fused-ring (bicyclic) bond motifs is 6. The van der Waals surface area contributed by atoms with Crippen molar-refractivity contribution in [3.8, 4) is 17.2 Å². The molecule has 338 valence electrons. The van der Waals surface area contributed by atoms with Crippen molar-refractivity contribution in [1.82, 2.24) is 53.3 Å². The van der Waals surface area contributed by atoms with E-state index in [2.05, 4.69) is 35.2 Å². The Kier molecular flexibility index (Phi) is 8.62. The van der Waals surface area contributed by atoms with Crippen LogP contribution in [0.4, 0.5) is 8.78 Å². The third-order valence-electron chi connectivity index (χ3n) is 14.8. The van der Waals surface area contributed by atoms with E-state index >= 15 is 13.6 Å². The number of imidazole rings is 1. The van der Waals surface area contributed by atoms with Crippen LogP contribution in [0.5, 0.6) is 0 Å². The number of H-pyrrole nitrogens is 1. The fourth-order valence-corrected chi connectivity index (χ4v) is 11.5. The molecule has 1 aliphatic carbocycles. The fraction of sp³-hybridized carbons (Fsp3) is 0.396. The molecule has 2 aromatic carbocycles. The number of aromatic nitrogens is 10. The molecule has 8 aromatic rings.